The van der Waals surface area contributed by atoms with Crippen molar-refractivity contribution >= 4 is 55.7 Å². The number of Topliss-reactive ketones (excluding diaryl/α,β-unsaturated/α-hetero) is 1. The van der Waals surface area contributed by atoms with Crippen LogP contribution >= 0.6 is 22.9 Å². The maximum Gasteiger partial charge on any atom is 0.301 e. The molecule has 1 aliphatic rings. The standard InChI is InChI=1S/C28H23ClN2O3S/c1-15(2)17-8-10-18(11-9-17)24-23(25(32)19-6-4-16(3)5-7-19)26(33)27(34)31(24)28-30-21-13-12-20(29)14-22(21)35-28/h4-15,24,32H,1-3H3. The maximum absolute atomic E-state index is 13.4. The minimum absolute atomic E-state index is 0.0495. The lowest BCUT2D eigenvalue weighted by molar-refractivity contribution is -0.132. The molecule has 1 saturated heterocycles. The molecule has 5 nitrogen and oxygen atoms in total. The number of benzene rings is 3. The van der Waals surface area contributed by atoms with E-state index >= 15 is 0 Å². The molecule has 3 aromatic carbocycles. The van der Waals surface area contributed by atoms with Gasteiger partial charge in [0.2, 0.25) is 0 Å². The second-order valence-electron chi connectivity index (χ2n) is 8.96. The van der Waals surface area contributed by atoms with Crippen molar-refractivity contribution in [2.75, 3.05) is 4.90 Å². The number of carbonyl (C=O) groups excluding carboxylic acids is 2. The number of carbonyl (C=O) groups is 2. The fraction of sp³-hybridized carbons (Fsp3) is 0.179. The molecule has 0 saturated carbocycles. The molecule has 1 aromatic heterocycles. The van der Waals surface area contributed by atoms with Crippen LogP contribution in [-0.4, -0.2) is 21.8 Å². The first-order valence-corrected chi connectivity index (χ1v) is 12.5. The number of anilines is 1. The van der Waals surface area contributed by atoms with Crippen LogP contribution in [0.4, 0.5) is 5.13 Å². The highest BCUT2D eigenvalue weighted by Crippen LogP contribution is 2.44. The SMILES string of the molecule is Cc1ccc(C(O)=C2C(=O)C(=O)N(c3nc4ccc(Cl)cc4s3)C2c2ccc(C(C)C)cc2)cc1. The summed E-state index contributed by atoms with van der Waals surface area (Å²) < 4.78 is 0.807. The zero-order valence-electron chi connectivity index (χ0n) is 19.4. The van der Waals surface area contributed by atoms with E-state index < -0.39 is 17.7 Å². The van der Waals surface area contributed by atoms with Crippen LogP contribution in [0.5, 0.6) is 0 Å². The van der Waals surface area contributed by atoms with Crippen LogP contribution in [-0.2, 0) is 9.59 Å². The molecule has 1 N–H and O–H groups in total. The van der Waals surface area contributed by atoms with Gasteiger partial charge in [0.05, 0.1) is 21.8 Å². The first kappa shape index (κ1) is 23.3. The second kappa shape index (κ2) is 8.95. The monoisotopic (exact) mass is 502 g/mol. The number of thiazole rings is 1. The number of ketones is 1. The number of hydrogen-bond acceptors (Lipinski definition) is 5. The van der Waals surface area contributed by atoms with Crippen molar-refractivity contribution in [2.24, 2.45) is 0 Å². The first-order chi connectivity index (χ1) is 16.7. The smallest absolute Gasteiger partial charge is 0.301 e. The third kappa shape index (κ3) is 4.13. The Bertz CT molecular complexity index is 1490. The number of rotatable bonds is 4. The highest BCUT2D eigenvalue weighted by molar-refractivity contribution is 7.22. The highest BCUT2D eigenvalue weighted by Gasteiger charge is 2.48. The van der Waals surface area contributed by atoms with Crippen LogP contribution in [0.15, 0.2) is 72.3 Å². The summed E-state index contributed by atoms with van der Waals surface area (Å²) in [5.74, 6) is -1.33. The number of amides is 1. The molecule has 176 valence electrons. The van der Waals surface area contributed by atoms with Gasteiger partial charge < -0.3 is 5.11 Å². The summed E-state index contributed by atoms with van der Waals surface area (Å²) in [6, 6.07) is 19.5. The normalized spacial score (nSPS) is 17.6. The van der Waals surface area contributed by atoms with Crippen molar-refractivity contribution in [3.63, 3.8) is 0 Å². The van der Waals surface area contributed by atoms with Gasteiger partial charge in [-0.15, -0.1) is 0 Å². The molecular weight excluding hydrogens is 480 g/mol. The predicted molar refractivity (Wildman–Crippen MR) is 141 cm³/mol. The molecular formula is C28H23ClN2O3S. The Morgan fingerprint density at radius 3 is 2.37 bits per heavy atom. The van der Waals surface area contributed by atoms with E-state index in [9.17, 15) is 14.7 Å². The van der Waals surface area contributed by atoms with Crippen molar-refractivity contribution in [3.8, 4) is 0 Å². The third-order valence-corrected chi connectivity index (χ3v) is 7.49. The summed E-state index contributed by atoms with van der Waals surface area (Å²) in [6.07, 6.45) is 0. The molecule has 35 heavy (non-hydrogen) atoms. The number of aliphatic hydroxyl groups excluding tert-OH is 1. The van der Waals surface area contributed by atoms with Gasteiger partial charge in [0.1, 0.15) is 5.76 Å². The van der Waals surface area contributed by atoms with Crippen molar-refractivity contribution in [1.82, 2.24) is 4.98 Å². The maximum atomic E-state index is 13.4. The van der Waals surface area contributed by atoms with Crippen LogP contribution in [0.3, 0.4) is 0 Å². The van der Waals surface area contributed by atoms with E-state index in [4.69, 9.17) is 11.6 Å². The number of fused-ring (bicyclic) bond motifs is 1. The molecule has 1 unspecified atom stereocenters. The Morgan fingerprint density at radius 1 is 1.03 bits per heavy atom. The molecule has 0 radical (unpaired) electrons. The fourth-order valence-electron chi connectivity index (χ4n) is 4.26. The molecule has 0 spiro atoms. The van der Waals surface area contributed by atoms with E-state index in [1.54, 1.807) is 30.3 Å². The number of aliphatic hydroxyl groups is 1. The lowest BCUT2D eigenvalue weighted by Gasteiger charge is -2.23. The number of hydrogen-bond donors (Lipinski definition) is 1. The summed E-state index contributed by atoms with van der Waals surface area (Å²) in [5, 5.41) is 12.2. The second-order valence-corrected chi connectivity index (χ2v) is 10.4. The number of aryl methyl sites for hydroxylation is 1. The van der Waals surface area contributed by atoms with E-state index in [0.717, 1.165) is 21.4 Å². The van der Waals surface area contributed by atoms with Crippen molar-refractivity contribution in [3.05, 3.63) is 99.6 Å². The Morgan fingerprint density at radius 2 is 1.71 bits per heavy atom. The van der Waals surface area contributed by atoms with Gasteiger partial charge in [0.15, 0.2) is 5.13 Å². The van der Waals surface area contributed by atoms with Gasteiger partial charge in [-0.3, -0.25) is 14.5 Å². The van der Waals surface area contributed by atoms with Gasteiger partial charge in [0.25, 0.3) is 5.78 Å². The third-order valence-electron chi connectivity index (χ3n) is 6.23. The lowest BCUT2D eigenvalue weighted by Crippen LogP contribution is -2.29. The van der Waals surface area contributed by atoms with Crippen molar-refractivity contribution < 1.29 is 14.7 Å². The van der Waals surface area contributed by atoms with Crippen LogP contribution < -0.4 is 4.90 Å². The first-order valence-electron chi connectivity index (χ1n) is 11.3. The zero-order valence-corrected chi connectivity index (χ0v) is 21.0. The number of nitrogens with zero attached hydrogens (tertiary/aromatic N) is 2. The summed E-state index contributed by atoms with van der Waals surface area (Å²) in [6.45, 7) is 6.15. The summed E-state index contributed by atoms with van der Waals surface area (Å²) >= 11 is 7.44. The van der Waals surface area contributed by atoms with Crippen molar-refractivity contribution in [1.29, 1.82) is 0 Å². The van der Waals surface area contributed by atoms with E-state index in [0.29, 0.717) is 27.2 Å². The summed E-state index contributed by atoms with van der Waals surface area (Å²) in [5.41, 5.74) is 4.10. The Balaban J connectivity index is 1.71. The molecule has 1 aliphatic heterocycles. The summed E-state index contributed by atoms with van der Waals surface area (Å²) in [4.78, 5) is 32.7. The number of aromatic nitrogens is 1. The van der Waals surface area contributed by atoms with Crippen LogP contribution in [0.25, 0.3) is 16.0 Å². The molecule has 1 atom stereocenters. The van der Waals surface area contributed by atoms with Gasteiger partial charge in [-0.1, -0.05) is 90.9 Å². The van der Waals surface area contributed by atoms with Gasteiger partial charge in [-0.25, -0.2) is 4.98 Å². The van der Waals surface area contributed by atoms with Crippen LogP contribution in [0.1, 0.15) is 48.1 Å². The molecule has 5 rings (SSSR count). The average molecular weight is 503 g/mol. The Kier molecular flexibility index (Phi) is 5.95. The lowest BCUT2D eigenvalue weighted by atomic mass is 9.93. The van der Waals surface area contributed by atoms with Gasteiger partial charge in [-0.2, -0.15) is 0 Å². The molecule has 0 bridgehead atoms. The van der Waals surface area contributed by atoms with Gasteiger partial charge in [-0.05, 0) is 42.2 Å². The van der Waals surface area contributed by atoms with E-state index in [2.05, 4.69) is 18.8 Å². The van der Waals surface area contributed by atoms with Gasteiger partial charge in [0, 0.05) is 10.6 Å². The molecule has 2 heterocycles. The average Bonchev–Trinajstić information content (AvgIpc) is 3.37. The molecule has 1 amide bonds. The predicted octanol–water partition coefficient (Wildman–Crippen LogP) is 7.01. The Hall–Kier alpha value is -3.48. The minimum Gasteiger partial charge on any atom is -0.507 e. The Labute approximate surface area is 212 Å². The molecule has 0 aliphatic carbocycles. The van der Waals surface area contributed by atoms with E-state index in [1.807, 2.05) is 43.3 Å². The highest BCUT2D eigenvalue weighted by atomic mass is 35.5. The van der Waals surface area contributed by atoms with Crippen molar-refractivity contribution in [2.45, 2.75) is 32.7 Å². The van der Waals surface area contributed by atoms with Crippen LogP contribution in [0, 0.1) is 6.92 Å². The largest absolute Gasteiger partial charge is 0.507 e. The fourth-order valence-corrected chi connectivity index (χ4v) is 5.53. The minimum atomic E-state index is -0.812. The number of halogens is 1. The van der Waals surface area contributed by atoms with Crippen LogP contribution in [0.2, 0.25) is 5.02 Å². The molecule has 1 fully saturated rings. The summed E-state index contributed by atoms with van der Waals surface area (Å²) in [7, 11) is 0. The molecule has 7 heteroatoms. The van der Waals surface area contributed by atoms with E-state index in [1.165, 1.54) is 16.2 Å². The zero-order chi connectivity index (χ0) is 24.9. The van der Waals surface area contributed by atoms with E-state index in [-0.39, 0.29) is 11.3 Å². The molecule has 4 aromatic rings. The topological polar surface area (TPSA) is 70.5 Å². The quantitative estimate of drug-likeness (QED) is 0.185. The van der Waals surface area contributed by atoms with Gasteiger partial charge >= 0.3 is 5.91 Å².